The number of hydroxylamine groups is 1. The first-order chi connectivity index (χ1) is 8.48. The van der Waals surface area contributed by atoms with Gasteiger partial charge in [0.25, 0.3) is 10.0 Å². The van der Waals surface area contributed by atoms with Crippen molar-refractivity contribution in [3.8, 4) is 0 Å². The predicted molar refractivity (Wildman–Crippen MR) is 64.9 cm³/mol. The van der Waals surface area contributed by atoms with Crippen LogP contribution in [0.1, 0.15) is 21.7 Å². The van der Waals surface area contributed by atoms with E-state index in [4.69, 9.17) is 4.84 Å². The zero-order valence-electron chi connectivity index (χ0n) is 10.0. The summed E-state index contributed by atoms with van der Waals surface area (Å²) in [5.41, 5.74) is 0.524. The first kappa shape index (κ1) is 13.5. The lowest BCUT2D eigenvalue weighted by Crippen LogP contribution is -2.28. The molecule has 6 nitrogen and oxygen atoms in total. The zero-order valence-corrected chi connectivity index (χ0v) is 11.6. The molecule has 0 radical (unpaired) electrons. The Bertz CT molecular complexity index is 557. The lowest BCUT2D eigenvalue weighted by Gasteiger charge is -2.15. The van der Waals surface area contributed by atoms with Gasteiger partial charge in [-0.2, -0.15) is 0 Å². The molecule has 0 atom stereocenters. The fourth-order valence-corrected chi connectivity index (χ4v) is 4.67. The lowest BCUT2D eigenvalue weighted by molar-refractivity contribution is -0.0285. The Morgan fingerprint density at radius 1 is 1.56 bits per heavy atom. The van der Waals surface area contributed by atoms with E-state index >= 15 is 0 Å². The Labute approximate surface area is 109 Å². The third-order valence-electron chi connectivity index (χ3n) is 2.54. The molecule has 0 saturated carbocycles. The molecule has 18 heavy (non-hydrogen) atoms. The summed E-state index contributed by atoms with van der Waals surface area (Å²) in [6, 6.07) is 0. The maximum Gasteiger partial charge on any atom is 0.349 e. The minimum Gasteiger partial charge on any atom is -0.465 e. The fraction of sp³-hybridized carbons (Fsp3) is 0.500. The van der Waals surface area contributed by atoms with E-state index in [2.05, 4.69) is 4.74 Å². The van der Waals surface area contributed by atoms with Crippen LogP contribution in [0.5, 0.6) is 0 Å². The summed E-state index contributed by atoms with van der Waals surface area (Å²) in [5.74, 6) is -0.647. The van der Waals surface area contributed by atoms with Crippen molar-refractivity contribution in [1.29, 1.82) is 0 Å². The van der Waals surface area contributed by atoms with E-state index in [1.54, 1.807) is 12.3 Å². The van der Waals surface area contributed by atoms with Crippen molar-refractivity contribution in [3.63, 3.8) is 0 Å². The molecule has 1 aliphatic heterocycles. The molecular formula is C10H13NO5S2. The number of ether oxygens (including phenoxy) is 1. The van der Waals surface area contributed by atoms with E-state index in [9.17, 15) is 13.2 Å². The smallest absolute Gasteiger partial charge is 0.349 e. The Balaban J connectivity index is 2.49. The van der Waals surface area contributed by atoms with Crippen LogP contribution in [0.15, 0.2) is 10.3 Å². The molecule has 0 aliphatic carbocycles. The van der Waals surface area contributed by atoms with Gasteiger partial charge in [0.2, 0.25) is 0 Å². The highest BCUT2D eigenvalue weighted by Gasteiger charge is 2.35. The quantitative estimate of drug-likeness (QED) is 0.782. The molecule has 1 fully saturated rings. The molecule has 0 unspecified atom stereocenters. The van der Waals surface area contributed by atoms with E-state index in [-0.39, 0.29) is 9.77 Å². The summed E-state index contributed by atoms with van der Waals surface area (Å²) in [5, 5.41) is 1.62. The van der Waals surface area contributed by atoms with Crippen LogP contribution in [-0.2, 0) is 19.6 Å². The van der Waals surface area contributed by atoms with Crippen molar-refractivity contribution in [1.82, 2.24) is 4.47 Å². The largest absolute Gasteiger partial charge is 0.465 e. The van der Waals surface area contributed by atoms with Gasteiger partial charge >= 0.3 is 5.97 Å². The monoisotopic (exact) mass is 291 g/mol. The molecule has 0 spiro atoms. The van der Waals surface area contributed by atoms with Crippen molar-refractivity contribution in [2.24, 2.45) is 0 Å². The molecule has 0 bridgehead atoms. The van der Waals surface area contributed by atoms with E-state index in [1.165, 1.54) is 7.11 Å². The number of methoxy groups -OCH3 is 1. The molecule has 0 amide bonds. The molecule has 1 aromatic heterocycles. The SMILES string of the molecule is COC(=O)c1scc(C)c1S(=O)(=O)N1CCCO1. The van der Waals surface area contributed by atoms with Crippen molar-refractivity contribution in [3.05, 3.63) is 15.8 Å². The van der Waals surface area contributed by atoms with Gasteiger partial charge in [-0.25, -0.2) is 13.2 Å². The summed E-state index contributed by atoms with van der Waals surface area (Å²) in [4.78, 5) is 16.7. The standard InChI is InChI=1S/C10H13NO5S2/c1-7-6-17-8(10(12)15-2)9(7)18(13,14)11-4-3-5-16-11/h6H,3-5H2,1-2H3. The number of thiophene rings is 1. The zero-order chi connectivity index (χ0) is 13.3. The molecule has 1 saturated heterocycles. The second kappa shape index (κ2) is 4.96. The van der Waals surface area contributed by atoms with Crippen LogP contribution in [0.2, 0.25) is 0 Å². The number of esters is 1. The molecule has 1 aliphatic rings. The highest BCUT2D eigenvalue weighted by atomic mass is 32.2. The molecule has 100 valence electrons. The van der Waals surface area contributed by atoms with Gasteiger partial charge in [-0.1, -0.05) is 4.47 Å². The first-order valence-corrected chi connectivity index (χ1v) is 7.62. The van der Waals surface area contributed by atoms with Crippen molar-refractivity contribution >= 4 is 27.3 Å². The Morgan fingerprint density at radius 2 is 2.28 bits per heavy atom. The van der Waals surface area contributed by atoms with Crippen LogP contribution in [0.3, 0.4) is 0 Å². The van der Waals surface area contributed by atoms with E-state index in [1.807, 2.05) is 0 Å². The van der Waals surface area contributed by atoms with Crippen LogP contribution in [0, 0.1) is 6.92 Å². The maximum absolute atomic E-state index is 12.4. The number of nitrogens with zero attached hydrogens (tertiary/aromatic N) is 1. The lowest BCUT2D eigenvalue weighted by atomic mass is 10.3. The summed E-state index contributed by atoms with van der Waals surface area (Å²) in [6.07, 6.45) is 0.649. The van der Waals surface area contributed by atoms with Gasteiger partial charge in [-0.05, 0) is 24.3 Å². The van der Waals surface area contributed by atoms with Crippen LogP contribution in [0.4, 0.5) is 0 Å². The third kappa shape index (κ3) is 2.16. The first-order valence-electron chi connectivity index (χ1n) is 5.30. The minimum absolute atomic E-state index is 0.0127. The molecule has 0 aromatic carbocycles. The molecule has 0 N–H and O–H groups in total. The maximum atomic E-state index is 12.4. The summed E-state index contributed by atoms with van der Waals surface area (Å²) < 4.78 is 30.2. The van der Waals surface area contributed by atoms with Gasteiger partial charge in [0.05, 0.1) is 13.7 Å². The highest BCUT2D eigenvalue weighted by Crippen LogP contribution is 2.31. The highest BCUT2D eigenvalue weighted by molar-refractivity contribution is 7.89. The number of rotatable bonds is 3. The molecule has 8 heteroatoms. The molecular weight excluding hydrogens is 278 g/mol. The summed E-state index contributed by atoms with van der Waals surface area (Å²) in [6.45, 7) is 2.32. The topological polar surface area (TPSA) is 72.9 Å². The van der Waals surface area contributed by atoms with Crippen LogP contribution in [0.25, 0.3) is 0 Å². The van der Waals surface area contributed by atoms with Crippen molar-refractivity contribution < 1.29 is 22.8 Å². The third-order valence-corrected chi connectivity index (χ3v) is 5.61. The number of hydrogen-bond donors (Lipinski definition) is 0. The van der Waals surface area contributed by atoms with Gasteiger partial charge < -0.3 is 4.74 Å². The normalized spacial score (nSPS) is 17.0. The van der Waals surface area contributed by atoms with E-state index in [0.717, 1.165) is 15.8 Å². The Kier molecular flexibility index (Phi) is 3.71. The predicted octanol–water partition coefficient (Wildman–Crippen LogP) is 1.17. The van der Waals surface area contributed by atoms with Gasteiger partial charge in [0.15, 0.2) is 0 Å². The van der Waals surface area contributed by atoms with E-state index in [0.29, 0.717) is 25.1 Å². The summed E-state index contributed by atoms with van der Waals surface area (Å²) >= 11 is 1.06. The Hall–Kier alpha value is -0.960. The molecule has 2 rings (SSSR count). The second-order valence-electron chi connectivity index (χ2n) is 3.79. The molecule has 1 aromatic rings. The van der Waals surface area contributed by atoms with E-state index < -0.39 is 16.0 Å². The summed E-state index contributed by atoms with van der Waals surface area (Å²) in [7, 11) is -2.57. The second-order valence-corrected chi connectivity index (χ2v) is 6.43. The number of sulfonamides is 1. The molecule has 2 heterocycles. The Morgan fingerprint density at radius 3 is 2.83 bits per heavy atom. The minimum atomic E-state index is -3.79. The van der Waals surface area contributed by atoms with Crippen LogP contribution >= 0.6 is 11.3 Å². The van der Waals surface area contributed by atoms with Crippen LogP contribution in [-0.4, -0.2) is 39.1 Å². The van der Waals surface area contributed by atoms with Gasteiger partial charge in [-0.15, -0.1) is 11.3 Å². The van der Waals surface area contributed by atoms with Crippen LogP contribution < -0.4 is 0 Å². The van der Waals surface area contributed by atoms with Crippen molar-refractivity contribution in [2.75, 3.05) is 20.3 Å². The van der Waals surface area contributed by atoms with Gasteiger partial charge in [0.1, 0.15) is 9.77 Å². The fourth-order valence-electron chi connectivity index (χ4n) is 1.70. The number of aryl methyl sites for hydroxylation is 1. The average Bonchev–Trinajstić information content (AvgIpc) is 2.96. The average molecular weight is 291 g/mol. The number of carbonyl (C=O) groups is 1. The van der Waals surface area contributed by atoms with Gasteiger partial charge in [-0.3, -0.25) is 4.84 Å². The number of carbonyl (C=O) groups excluding carboxylic acids is 1. The number of hydrogen-bond acceptors (Lipinski definition) is 6. The van der Waals surface area contributed by atoms with Gasteiger partial charge in [0, 0.05) is 6.54 Å². The van der Waals surface area contributed by atoms with Crippen molar-refractivity contribution in [2.45, 2.75) is 18.2 Å².